The van der Waals surface area contributed by atoms with Crippen molar-refractivity contribution in [2.75, 3.05) is 39.8 Å². The lowest BCUT2D eigenvalue weighted by Crippen LogP contribution is -2.46. The number of benzene rings is 1. The van der Waals surface area contributed by atoms with Crippen molar-refractivity contribution < 1.29 is 0 Å². The number of piperazine rings is 1. The number of aryl methyl sites for hydroxylation is 1. The molecule has 0 radical (unpaired) electrons. The van der Waals surface area contributed by atoms with Gasteiger partial charge >= 0.3 is 0 Å². The van der Waals surface area contributed by atoms with Gasteiger partial charge in [-0.2, -0.15) is 0 Å². The van der Waals surface area contributed by atoms with Crippen LogP contribution in [0, 0.1) is 0 Å². The van der Waals surface area contributed by atoms with Crippen molar-refractivity contribution in [3.8, 4) is 0 Å². The zero-order chi connectivity index (χ0) is 16.4. The molecule has 0 bridgehead atoms. The molecule has 2 heterocycles. The Morgan fingerprint density at radius 3 is 2.61 bits per heavy atom. The number of hydrogen-bond donors (Lipinski definition) is 0. The van der Waals surface area contributed by atoms with Crippen LogP contribution in [0.25, 0.3) is 10.9 Å². The highest BCUT2D eigenvalue weighted by Gasteiger charge is 2.16. The van der Waals surface area contributed by atoms with Gasteiger partial charge in [0.15, 0.2) is 0 Å². The van der Waals surface area contributed by atoms with E-state index in [4.69, 9.17) is 11.6 Å². The van der Waals surface area contributed by atoms with Gasteiger partial charge in [-0.3, -0.25) is 14.3 Å². The molecule has 23 heavy (non-hydrogen) atoms. The summed E-state index contributed by atoms with van der Waals surface area (Å²) in [6, 6.07) is 5.45. The first kappa shape index (κ1) is 16.4. The minimum atomic E-state index is -0.0217. The SMILES string of the molecule is CCc1nc2cccc(Cl)c2c(=O)n1CCN1CCN(C)CC1. The van der Waals surface area contributed by atoms with Crippen LogP contribution in [0.3, 0.4) is 0 Å². The Morgan fingerprint density at radius 2 is 1.91 bits per heavy atom. The van der Waals surface area contributed by atoms with Gasteiger partial charge in [0, 0.05) is 45.7 Å². The Hall–Kier alpha value is -1.43. The fourth-order valence-corrected chi connectivity index (χ4v) is 3.33. The van der Waals surface area contributed by atoms with E-state index in [0.717, 1.165) is 45.0 Å². The van der Waals surface area contributed by atoms with Gasteiger partial charge in [0.1, 0.15) is 5.82 Å². The number of hydrogen-bond acceptors (Lipinski definition) is 4. The third kappa shape index (κ3) is 3.42. The van der Waals surface area contributed by atoms with Crippen molar-refractivity contribution in [1.82, 2.24) is 19.4 Å². The van der Waals surface area contributed by atoms with E-state index in [1.54, 1.807) is 10.6 Å². The predicted molar refractivity (Wildman–Crippen MR) is 94.3 cm³/mol. The van der Waals surface area contributed by atoms with Crippen LogP contribution in [0.4, 0.5) is 0 Å². The van der Waals surface area contributed by atoms with E-state index < -0.39 is 0 Å². The maximum Gasteiger partial charge on any atom is 0.262 e. The summed E-state index contributed by atoms with van der Waals surface area (Å²) in [7, 11) is 2.15. The van der Waals surface area contributed by atoms with Gasteiger partial charge in [-0.1, -0.05) is 24.6 Å². The summed E-state index contributed by atoms with van der Waals surface area (Å²) in [4.78, 5) is 22.2. The molecule has 5 nitrogen and oxygen atoms in total. The molecule has 3 rings (SSSR count). The summed E-state index contributed by atoms with van der Waals surface area (Å²) in [5.41, 5.74) is 0.668. The van der Waals surface area contributed by atoms with Crippen molar-refractivity contribution in [3.05, 3.63) is 39.4 Å². The van der Waals surface area contributed by atoms with Gasteiger partial charge in [0.05, 0.1) is 15.9 Å². The normalized spacial score (nSPS) is 17.0. The molecule has 124 valence electrons. The maximum absolute atomic E-state index is 12.9. The molecular weight excluding hydrogens is 312 g/mol. The molecule has 1 aromatic carbocycles. The van der Waals surface area contributed by atoms with Gasteiger partial charge in [-0.05, 0) is 19.2 Å². The monoisotopic (exact) mass is 334 g/mol. The Bertz CT molecular complexity index is 750. The third-order valence-corrected chi connectivity index (χ3v) is 4.88. The van der Waals surface area contributed by atoms with Crippen molar-refractivity contribution >= 4 is 22.5 Å². The largest absolute Gasteiger partial charge is 0.304 e. The molecule has 1 saturated heterocycles. The molecule has 1 aliphatic rings. The Kier molecular flexibility index (Phi) is 4.99. The minimum Gasteiger partial charge on any atom is -0.304 e. The number of rotatable bonds is 4. The van der Waals surface area contributed by atoms with E-state index in [0.29, 0.717) is 22.5 Å². The van der Waals surface area contributed by atoms with Gasteiger partial charge in [-0.25, -0.2) is 4.98 Å². The topological polar surface area (TPSA) is 41.4 Å². The standard InChI is InChI=1S/C17H23ClN4O/c1-3-15-19-14-6-4-5-13(18)16(14)17(23)22(15)12-11-21-9-7-20(2)8-10-21/h4-6H,3,7-12H2,1-2H3. The highest BCUT2D eigenvalue weighted by molar-refractivity contribution is 6.35. The molecule has 1 fully saturated rings. The lowest BCUT2D eigenvalue weighted by molar-refractivity contribution is 0.149. The Labute approximate surface area is 141 Å². The molecule has 0 amide bonds. The van der Waals surface area contributed by atoms with Crippen LogP contribution in [-0.2, 0) is 13.0 Å². The number of likely N-dealkylation sites (N-methyl/N-ethyl adjacent to an activating group) is 1. The fourth-order valence-electron chi connectivity index (χ4n) is 3.08. The maximum atomic E-state index is 12.9. The molecule has 2 aromatic rings. The summed E-state index contributed by atoms with van der Waals surface area (Å²) in [6.45, 7) is 7.83. The molecule has 0 atom stereocenters. The second kappa shape index (κ2) is 6.99. The van der Waals surface area contributed by atoms with Crippen LogP contribution in [0.15, 0.2) is 23.0 Å². The molecule has 1 aromatic heterocycles. The van der Waals surface area contributed by atoms with Gasteiger partial charge in [0.25, 0.3) is 5.56 Å². The molecule has 0 N–H and O–H groups in total. The van der Waals surface area contributed by atoms with E-state index in [1.807, 2.05) is 19.1 Å². The zero-order valence-electron chi connectivity index (χ0n) is 13.8. The van der Waals surface area contributed by atoms with E-state index in [9.17, 15) is 4.79 Å². The van der Waals surface area contributed by atoms with Gasteiger partial charge in [0.2, 0.25) is 0 Å². The quantitative estimate of drug-likeness (QED) is 0.856. The van der Waals surface area contributed by atoms with Crippen LogP contribution in [0.1, 0.15) is 12.7 Å². The van der Waals surface area contributed by atoms with Crippen LogP contribution in [-0.4, -0.2) is 59.1 Å². The average Bonchev–Trinajstić information content (AvgIpc) is 2.55. The lowest BCUT2D eigenvalue weighted by atomic mass is 10.2. The Morgan fingerprint density at radius 1 is 1.17 bits per heavy atom. The highest BCUT2D eigenvalue weighted by atomic mass is 35.5. The average molecular weight is 335 g/mol. The smallest absolute Gasteiger partial charge is 0.262 e. The number of halogens is 1. The first-order valence-corrected chi connectivity index (χ1v) is 8.56. The second-order valence-corrected chi connectivity index (χ2v) is 6.52. The van der Waals surface area contributed by atoms with E-state index in [2.05, 4.69) is 21.8 Å². The summed E-state index contributed by atoms with van der Waals surface area (Å²) >= 11 is 6.23. The van der Waals surface area contributed by atoms with E-state index in [-0.39, 0.29) is 5.56 Å². The van der Waals surface area contributed by atoms with E-state index in [1.165, 1.54) is 0 Å². The molecule has 6 heteroatoms. The minimum absolute atomic E-state index is 0.0217. The summed E-state index contributed by atoms with van der Waals surface area (Å²) < 4.78 is 1.80. The van der Waals surface area contributed by atoms with Crippen LogP contribution in [0.5, 0.6) is 0 Å². The molecule has 0 aliphatic carbocycles. The van der Waals surface area contributed by atoms with E-state index >= 15 is 0 Å². The summed E-state index contributed by atoms with van der Waals surface area (Å²) in [5.74, 6) is 0.832. The number of aromatic nitrogens is 2. The molecule has 0 spiro atoms. The molecule has 1 aliphatic heterocycles. The summed E-state index contributed by atoms with van der Waals surface area (Å²) in [6.07, 6.45) is 0.737. The highest BCUT2D eigenvalue weighted by Crippen LogP contribution is 2.19. The van der Waals surface area contributed by atoms with Crippen molar-refractivity contribution in [1.29, 1.82) is 0 Å². The van der Waals surface area contributed by atoms with Crippen LogP contribution in [0.2, 0.25) is 5.02 Å². The van der Waals surface area contributed by atoms with Crippen molar-refractivity contribution in [3.63, 3.8) is 0 Å². The molecule has 0 saturated carbocycles. The third-order valence-electron chi connectivity index (χ3n) is 4.56. The fraction of sp³-hybridized carbons (Fsp3) is 0.529. The van der Waals surface area contributed by atoms with Crippen molar-refractivity contribution in [2.24, 2.45) is 0 Å². The predicted octanol–water partition coefficient (Wildman–Crippen LogP) is 1.86. The van der Waals surface area contributed by atoms with Crippen LogP contribution < -0.4 is 5.56 Å². The number of fused-ring (bicyclic) bond motifs is 1. The molecule has 0 unspecified atom stereocenters. The first-order chi connectivity index (χ1) is 11.1. The van der Waals surface area contributed by atoms with Gasteiger partial charge < -0.3 is 4.90 Å². The zero-order valence-corrected chi connectivity index (χ0v) is 14.5. The lowest BCUT2D eigenvalue weighted by Gasteiger charge is -2.32. The van der Waals surface area contributed by atoms with Crippen LogP contribution >= 0.6 is 11.6 Å². The Balaban J connectivity index is 1.89. The number of nitrogens with zero attached hydrogens (tertiary/aromatic N) is 4. The van der Waals surface area contributed by atoms with Crippen molar-refractivity contribution in [2.45, 2.75) is 19.9 Å². The summed E-state index contributed by atoms with van der Waals surface area (Å²) in [5, 5.41) is 1.01. The second-order valence-electron chi connectivity index (χ2n) is 6.12. The van der Waals surface area contributed by atoms with Gasteiger partial charge in [-0.15, -0.1) is 0 Å². The molecular formula is C17H23ClN4O. The first-order valence-electron chi connectivity index (χ1n) is 8.19.